The van der Waals surface area contributed by atoms with Gasteiger partial charge in [0.1, 0.15) is 11.8 Å². The number of ether oxygens (including phenoxy) is 1. The average molecular weight is 356 g/mol. The Kier molecular flexibility index (Phi) is 5.73. The van der Waals surface area contributed by atoms with Crippen molar-refractivity contribution in [3.05, 3.63) is 23.2 Å². The van der Waals surface area contributed by atoms with Gasteiger partial charge in [0.2, 0.25) is 11.9 Å². The monoisotopic (exact) mass is 355 g/mol. The molecule has 0 aliphatic heterocycles. The predicted molar refractivity (Wildman–Crippen MR) is 92.2 cm³/mol. The van der Waals surface area contributed by atoms with Gasteiger partial charge in [-0.25, -0.2) is 0 Å². The summed E-state index contributed by atoms with van der Waals surface area (Å²) in [5, 5.41) is 11.7. The molecule has 1 unspecified atom stereocenters. The number of halogens is 1. The number of anilines is 2. The van der Waals surface area contributed by atoms with Gasteiger partial charge in [0.25, 0.3) is 0 Å². The Balaban J connectivity index is 2.31. The summed E-state index contributed by atoms with van der Waals surface area (Å²) < 4.78 is 6.86. The van der Waals surface area contributed by atoms with Crippen molar-refractivity contribution in [1.29, 1.82) is 0 Å². The first-order valence-electron chi connectivity index (χ1n) is 6.90. The zero-order valence-corrected chi connectivity index (χ0v) is 14.6. The van der Waals surface area contributed by atoms with Gasteiger partial charge in [-0.05, 0) is 30.9 Å². The molecule has 7 nitrogen and oxygen atoms in total. The first-order chi connectivity index (χ1) is 11.0. The number of rotatable bonds is 6. The standard InChI is InChI=1S/C14H18ClN5O2S/c1-4-10(20-13(16)18-19-14(20)23-3)12(21)17-9-7-8(15)5-6-11(9)22-2/h5-7,10H,4H2,1-3H3,(H2,16,18)(H,17,21). The molecule has 1 aromatic carbocycles. The third kappa shape index (κ3) is 3.70. The predicted octanol–water partition coefficient (Wildman–Crippen LogP) is 2.83. The maximum atomic E-state index is 12.7. The smallest absolute Gasteiger partial charge is 0.247 e. The molecule has 1 aromatic heterocycles. The number of aromatic nitrogens is 3. The lowest BCUT2D eigenvalue weighted by Crippen LogP contribution is -2.27. The van der Waals surface area contributed by atoms with Crippen LogP contribution < -0.4 is 15.8 Å². The molecule has 3 N–H and O–H groups in total. The number of nitrogens with zero attached hydrogens (tertiary/aromatic N) is 3. The summed E-state index contributed by atoms with van der Waals surface area (Å²) >= 11 is 7.37. The Hall–Kier alpha value is -1.93. The number of methoxy groups -OCH3 is 1. The maximum Gasteiger partial charge on any atom is 0.247 e. The summed E-state index contributed by atoms with van der Waals surface area (Å²) in [6.45, 7) is 1.89. The van der Waals surface area contributed by atoms with E-state index in [2.05, 4.69) is 15.5 Å². The summed E-state index contributed by atoms with van der Waals surface area (Å²) in [7, 11) is 1.53. The van der Waals surface area contributed by atoms with E-state index in [4.69, 9.17) is 22.1 Å². The van der Waals surface area contributed by atoms with Crippen molar-refractivity contribution < 1.29 is 9.53 Å². The van der Waals surface area contributed by atoms with Crippen LogP contribution in [0.25, 0.3) is 0 Å². The van der Waals surface area contributed by atoms with Crippen LogP contribution in [0.4, 0.5) is 11.6 Å². The number of benzene rings is 1. The van der Waals surface area contributed by atoms with E-state index in [-0.39, 0.29) is 11.9 Å². The fourth-order valence-electron chi connectivity index (χ4n) is 2.20. The van der Waals surface area contributed by atoms with Crippen LogP contribution in [0.2, 0.25) is 5.02 Å². The van der Waals surface area contributed by atoms with E-state index in [1.165, 1.54) is 18.9 Å². The van der Waals surface area contributed by atoms with E-state index in [0.29, 0.717) is 28.0 Å². The molecule has 0 spiro atoms. The van der Waals surface area contributed by atoms with Gasteiger partial charge >= 0.3 is 0 Å². The minimum atomic E-state index is -0.531. The molecule has 9 heteroatoms. The molecule has 0 bridgehead atoms. The third-order valence-corrected chi connectivity index (χ3v) is 4.17. The second-order valence-electron chi connectivity index (χ2n) is 4.67. The normalized spacial score (nSPS) is 12.0. The number of thioether (sulfide) groups is 1. The number of carbonyl (C=O) groups excluding carboxylic acids is 1. The van der Waals surface area contributed by atoms with Crippen molar-refractivity contribution in [2.24, 2.45) is 0 Å². The summed E-state index contributed by atoms with van der Waals surface area (Å²) in [6.07, 6.45) is 2.38. The Morgan fingerprint density at radius 3 is 2.87 bits per heavy atom. The number of hydrogen-bond acceptors (Lipinski definition) is 6. The highest BCUT2D eigenvalue weighted by Gasteiger charge is 2.25. The van der Waals surface area contributed by atoms with Gasteiger partial charge in [-0.15, -0.1) is 10.2 Å². The highest BCUT2D eigenvalue weighted by Crippen LogP contribution is 2.30. The summed E-state index contributed by atoms with van der Waals surface area (Å²) in [6, 6.07) is 4.49. The Morgan fingerprint density at radius 2 is 2.26 bits per heavy atom. The van der Waals surface area contributed by atoms with E-state index in [1.807, 2.05) is 13.2 Å². The second kappa shape index (κ2) is 7.56. The molecule has 1 amide bonds. The molecule has 2 rings (SSSR count). The minimum Gasteiger partial charge on any atom is -0.495 e. The van der Waals surface area contributed by atoms with Crippen LogP contribution in [0.1, 0.15) is 19.4 Å². The average Bonchev–Trinajstić information content (AvgIpc) is 2.89. The van der Waals surface area contributed by atoms with Gasteiger partial charge in [-0.3, -0.25) is 9.36 Å². The van der Waals surface area contributed by atoms with Gasteiger partial charge < -0.3 is 15.8 Å². The zero-order chi connectivity index (χ0) is 17.0. The lowest BCUT2D eigenvalue weighted by atomic mass is 10.2. The Labute approximate surface area is 143 Å². The van der Waals surface area contributed by atoms with Gasteiger partial charge in [0.15, 0.2) is 5.16 Å². The molecule has 1 atom stereocenters. The van der Waals surface area contributed by atoms with Crippen molar-refractivity contribution in [3.8, 4) is 5.75 Å². The van der Waals surface area contributed by atoms with E-state index < -0.39 is 6.04 Å². The molecule has 0 radical (unpaired) electrons. The maximum absolute atomic E-state index is 12.7. The van der Waals surface area contributed by atoms with E-state index in [9.17, 15) is 4.79 Å². The fraction of sp³-hybridized carbons (Fsp3) is 0.357. The molecule has 2 aromatic rings. The van der Waals surface area contributed by atoms with E-state index in [1.54, 1.807) is 22.8 Å². The second-order valence-corrected chi connectivity index (χ2v) is 5.88. The zero-order valence-electron chi connectivity index (χ0n) is 13.0. The highest BCUT2D eigenvalue weighted by molar-refractivity contribution is 7.98. The quantitative estimate of drug-likeness (QED) is 0.773. The van der Waals surface area contributed by atoms with Gasteiger partial charge in [0, 0.05) is 5.02 Å². The minimum absolute atomic E-state index is 0.203. The molecule has 0 saturated carbocycles. The lowest BCUT2D eigenvalue weighted by molar-refractivity contribution is -0.119. The van der Waals surface area contributed by atoms with Crippen LogP contribution in [0, 0.1) is 0 Å². The summed E-state index contributed by atoms with van der Waals surface area (Å²) in [4.78, 5) is 12.7. The molecule has 1 heterocycles. The van der Waals surface area contributed by atoms with Crippen LogP contribution >= 0.6 is 23.4 Å². The van der Waals surface area contributed by atoms with Crippen LogP contribution in [0.5, 0.6) is 5.75 Å². The molecule has 0 aliphatic rings. The third-order valence-electron chi connectivity index (χ3n) is 3.29. The van der Waals surface area contributed by atoms with Gasteiger partial charge in [-0.1, -0.05) is 30.3 Å². The number of amides is 1. The van der Waals surface area contributed by atoms with Crippen molar-refractivity contribution in [2.45, 2.75) is 24.5 Å². The summed E-state index contributed by atoms with van der Waals surface area (Å²) in [5.41, 5.74) is 6.36. The van der Waals surface area contributed by atoms with Gasteiger partial charge in [0.05, 0.1) is 12.8 Å². The van der Waals surface area contributed by atoms with Crippen LogP contribution in [0.15, 0.2) is 23.4 Å². The number of hydrogen-bond donors (Lipinski definition) is 2. The Bertz CT molecular complexity index is 706. The Morgan fingerprint density at radius 1 is 1.52 bits per heavy atom. The van der Waals surface area contributed by atoms with E-state index >= 15 is 0 Å². The molecule has 23 heavy (non-hydrogen) atoms. The van der Waals surface area contributed by atoms with Crippen molar-refractivity contribution >= 4 is 40.9 Å². The van der Waals surface area contributed by atoms with Gasteiger partial charge in [-0.2, -0.15) is 0 Å². The molecule has 124 valence electrons. The molecular formula is C14H18ClN5O2S. The van der Waals surface area contributed by atoms with Crippen LogP contribution in [0.3, 0.4) is 0 Å². The van der Waals surface area contributed by atoms with Crippen molar-refractivity contribution in [1.82, 2.24) is 14.8 Å². The molecule has 0 aliphatic carbocycles. The first kappa shape index (κ1) is 17.4. The van der Waals surface area contributed by atoms with Crippen LogP contribution in [-0.4, -0.2) is 34.0 Å². The SMILES string of the molecule is CCC(C(=O)Nc1cc(Cl)ccc1OC)n1c(N)nnc1SC. The first-order valence-corrected chi connectivity index (χ1v) is 8.50. The number of carbonyl (C=O) groups is 1. The summed E-state index contributed by atoms with van der Waals surface area (Å²) in [5.74, 6) is 0.490. The largest absolute Gasteiger partial charge is 0.495 e. The number of nitrogens with one attached hydrogen (secondary N) is 1. The van der Waals surface area contributed by atoms with Crippen molar-refractivity contribution in [3.63, 3.8) is 0 Å². The number of nitrogens with two attached hydrogens (primary N) is 1. The lowest BCUT2D eigenvalue weighted by Gasteiger charge is -2.19. The fourth-order valence-corrected chi connectivity index (χ4v) is 2.91. The topological polar surface area (TPSA) is 95.1 Å². The molecular weight excluding hydrogens is 338 g/mol. The highest BCUT2D eigenvalue weighted by atomic mass is 35.5. The molecule has 0 fully saturated rings. The van der Waals surface area contributed by atoms with E-state index in [0.717, 1.165) is 0 Å². The molecule has 0 saturated heterocycles. The van der Waals surface area contributed by atoms with Crippen molar-refractivity contribution in [2.75, 3.05) is 24.4 Å². The number of nitrogen functional groups attached to an aromatic ring is 1. The van der Waals surface area contributed by atoms with Crippen LogP contribution in [-0.2, 0) is 4.79 Å².